The smallest absolute Gasteiger partial charge is 0.220 e. The van der Waals surface area contributed by atoms with Gasteiger partial charge in [0.15, 0.2) is 0 Å². The maximum Gasteiger partial charge on any atom is 0.220 e. The number of carbonyl (C=O) groups is 1. The van der Waals surface area contributed by atoms with Crippen molar-refractivity contribution in [1.29, 1.82) is 0 Å². The SMILES string of the molecule is Cc1ccc(CCC(=O)NCC2(CCCl)CC2)cc1. The van der Waals surface area contributed by atoms with E-state index in [1.165, 1.54) is 24.0 Å². The monoisotopic (exact) mass is 279 g/mol. The molecule has 2 nitrogen and oxygen atoms in total. The van der Waals surface area contributed by atoms with Crippen LogP contribution in [0.1, 0.15) is 36.8 Å². The van der Waals surface area contributed by atoms with E-state index in [0.717, 1.165) is 19.4 Å². The summed E-state index contributed by atoms with van der Waals surface area (Å²) in [6.45, 7) is 2.87. The highest BCUT2D eigenvalue weighted by molar-refractivity contribution is 6.17. The van der Waals surface area contributed by atoms with Gasteiger partial charge in [-0.1, -0.05) is 29.8 Å². The van der Waals surface area contributed by atoms with E-state index in [1.54, 1.807) is 0 Å². The fourth-order valence-electron chi connectivity index (χ4n) is 2.28. The molecule has 0 heterocycles. The van der Waals surface area contributed by atoms with Crippen LogP contribution in [0.15, 0.2) is 24.3 Å². The molecule has 1 aromatic rings. The Hall–Kier alpha value is -1.02. The van der Waals surface area contributed by atoms with Gasteiger partial charge in [0.2, 0.25) is 5.91 Å². The number of hydrogen-bond acceptors (Lipinski definition) is 1. The highest BCUT2D eigenvalue weighted by Crippen LogP contribution is 2.48. The third-order valence-corrected chi connectivity index (χ3v) is 4.19. The van der Waals surface area contributed by atoms with Crippen LogP contribution in [0.3, 0.4) is 0 Å². The summed E-state index contributed by atoms with van der Waals surface area (Å²) in [4.78, 5) is 11.8. The summed E-state index contributed by atoms with van der Waals surface area (Å²) < 4.78 is 0. The van der Waals surface area contributed by atoms with Gasteiger partial charge in [-0.2, -0.15) is 0 Å². The van der Waals surface area contributed by atoms with Gasteiger partial charge >= 0.3 is 0 Å². The van der Waals surface area contributed by atoms with E-state index < -0.39 is 0 Å². The molecule has 2 rings (SSSR count). The first kappa shape index (κ1) is 14.4. The second kappa shape index (κ2) is 6.42. The summed E-state index contributed by atoms with van der Waals surface area (Å²) >= 11 is 5.78. The fraction of sp³-hybridized carbons (Fsp3) is 0.562. The summed E-state index contributed by atoms with van der Waals surface area (Å²) in [5.74, 6) is 0.848. The number of alkyl halides is 1. The number of amides is 1. The second-order valence-corrected chi connectivity index (χ2v) is 6.08. The van der Waals surface area contributed by atoms with E-state index >= 15 is 0 Å². The lowest BCUT2D eigenvalue weighted by atomic mass is 10.0. The average molecular weight is 280 g/mol. The molecule has 0 saturated heterocycles. The Morgan fingerprint density at radius 2 is 2.00 bits per heavy atom. The standard InChI is InChI=1S/C16H22ClNO/c1-13-2-4-14(5-3-13)6-7-15(19)18-12-16(8-9-16)10-11-17/h2-5H,6-12H2,1H3,(H,18,19). The van der Waals surface area contributed by atoms with Crippen molar-refractivity contribution in [3.05, 3.63) is 35.4 Å². The van der Waals surface area contributed by atoms with Gasteiger partial charge in [0, 0.05) is 18.8 Å². The van der Waals surface area contributed by atoms with E-state index in [4.69, 9.17) is 11.6 Å². The lowest BCUT2D eigenvalue weighted by molar-refractivity contribution is -0.121. The summed E-state index contributed by atoms with van der Waals surface area (Å²) in [6, 6.07) is 8.37. The largest absolute Gasteiger partial charge is 0.356 e. The van der Waals surface area contributed by atoms with Crippen molar-refractivity contribution < 1.29 is 4.79 Å². The maximum atomic E-state index is 11.8. The maximum absolute atomic E-state index is 11.8. The van der Waals surface area contributed by atoms with Crippen LogP contribution >= 0.6 is 11.6 Å². The normalized spacial score (nSPS) is 16.1. The zero-order chi connectivity index (χ0) is 13.7. The number of nitrogens with one attached hydrogen (secondary N) is 1. The number of rotatable bonds is 7. The molecule has 104 valence electrons. The number of carbonyl (C=O) groups excluding carboxylic acids is 1. The van der Waals surface area contributed by atoms with E-state index in [2.05, 4.69) is 36.5 Å². The average Bonchev–Trinajstić information content (AvgIpc) is 3.17. The topological polar surface area (TPSA) is 29.1 Å². The van der Waals surface area contributed by atoms with Crippen LogP contribution < -0.4 is 5.32 Å². The van der Waals surface area contributed by atoms with E-state index in [9.17, 15) is 4.79 Å². The predicted molar refractivity (Wildman–Crippen MR) is 79.5 cm³/mol. The Bertz CT molecular complexity index is 423. The van der Waals surface area contributed by atoms with Gasteiger partial charge in [0.25, 0.3) is 0 Å². The molecule has 1 N–H and O–H groups in total. The molecule has 1 saturated carbocycles. The van der Waals surface area contributed by atoms with Crippen LogP contribution in [0.4, 0.5) is 0 Å². The van der Waals surface area contributed by atoms with Gasteiger partial charge in [0.1, 0.15) is 0 Å². The van der Waals surface area contributed by atoms with Crippen LogP contribution in [0.2, 0.25) is 0 Å². The van der Waals surface area contributed by atoms with Crippen LogP contribution in [0.25, 0.3) is 0 Å². The second-order valence-electron chi connectivity index (χ2n) is 5.70. The Balaban J connectivity index is 1.69. The molecule has 1 amide bonds. The molecule has 0 unspecified atom stereocenters. The predicted octanol–water partition coefficient (Wildman–Crippen LogP) is 3.45. The highest BCUT2D eigenvalue weighted by Gasteiger charge is 2.41. The molecule has 0 aromatic heterocycles. The molecule has 0 spiro atoms. The molecule has 19 heavy (non-hydrogen) atoms. The summed E-state index contributed by atoms with van der Waals surface area (Å²) in [6.07, 6.45) is 4.82. The van der Waals surface area contributed by atoms with Crippen molar-refractivity contribution in [3.8, 4) is 0 Å². The molecular weight excluding hydrogens is 258 g/mol. The van der Waals surface area contributed by atoms with Crippen LogP contribution in [0, 0.1) is 12.3 Å². The number of hydrogen-bond donors (Lipinski definition) is 1. The Labute approximate surface area is 120 Å². The highest BCUT2D eigenvalue weighted by atomic mass is 35.5. The van der Waals surface area contributed by atoms with Crippen molar-refractivity contribution in [2.45, 2.75) is 39.0 Å². The molecule has 1 aliphatic rings. The Morgan fingerprint density at radius 1 is 1.32 bits per heavy atom. The van der Waals surface area contributed by atoms with Crippen molar-refractivity contribution in [2.75, 3.05) is 12.4 Å². The number of halogens is 1. The zero-order valence-corrected chi connectivity index (χ0v) is 12.3. The molecular formula is C16H22ClNO. The Morgan fingerprint density at radius 3 is 2.58 bits per heavy atom. The minimum Gasteiger partial charge on any atom is -0.356 e. The molecule has 0 bridgehead atoms. The summed E-state index contributed by atoms with van der Waals surface area (Å²) in [5.41, 5.74) is 2.80. The summed E-state index contributed by atoms with van der Waals surface area (Å²) in [5, 5.41) is 3.05. The molecule has 1 aromatic carbocycles. The first-order valence-corrected chi connectivity index (χ1v) is 7.55. The van der Waals surface area contributed by atoms with E-state index in [1.807, 2.05) is 0 Å². The molecule has 0 aliphatic heterocycles. The molecule has 0 atom stereocenters. The molecule has 0 radical (unpaired) electrons. The minimum atomic E-state index is 0.154. The van der Waals surface area contributed by atoms with Crippen LogP contribution in [-0.2, 0) is 11.2 Å². The third-order valence-electron chi connectivity index (χ3n) is 4.00. The van der Waals surface area contributed by atoms with Gasteiger partial charge in [-0.05, 0) is 43.6 Å². The van der Waals surface area contributed by atoms with E-state index in [-0.39, 0.29) is 5.91 Å². The van der Waals surface area contributed by atoms with Gasteiger partial charge in [-0.3, -0.25) is 4.79 Å². The minimum absolute atomic E-state index is 0.154. The first-order chi connectivity index (χ1) is 9.13. The lowest BCUT2D eigenvalue weighted by Crippen LogP contribution is -2.30. The first-order valence-electron chi connectivity index (χ1n) is 7.02. The molecule has 3 heteroatoms. The van der Waals surface area contributed by atoms with Crippen molar-refractivity contribution in [1.82, 2.24) is 5.32 Å². The number of benzene rings is 1. The lowest BCUT2D eigenvalue weighted by Gasteiger charge is -2.14. The van der Waals surface area contributed by atoms with Gasteiger partial charge in [-0.15, -0.1) is 11.6 Å². The van der Waals surface area contributed by atoms with Crippen molar-refractivity contribution in [3.63, 3.8) is 0 Å². The third kappa shape index (κ3) is 4.54. The zero-order valence-electron chi connectivity index (χ0n) is 11.5. The van der Waals surface area contributed by atoms with Crippen LogP contribution in [0.5, 0.6) is 0 Å². The van der Waals surface area contributed by atoms with Crippen molar-refractivity contribution >= 4 is 17.5 Å². The van der Waals surface area contributed by atoms with E-state index in [0.29, 0.717) is 17.7 Å². The fourth-order valence-corrected chi connectivity index (χ4v) is 2.68. The van der Waals surface area contributed by atoms with Gasteiger partial charge < -0.3 is 5.32 Å². The van der Waals surface area contributed by atoms with Crippen molar-refractivity contribution in [2.24, 2.45) is 5.41 Å². The molecule has 1 aliphatic carbocycles. The quantitative estimate of drug-likeness (QED) is 0.761. The summed E-state index contributed by atoms with van der Waals surface area (Å²) in [7, 11) is 0. The Kier molecular flexibility index (Phi) is 4.87. The van der Waals surface area contributed by atoms with Gasteiger partial charge in [-0.25, -0.2) is 0 Å². The molecule has 1 fully saturated rings. The number of aryl methyl sites for hydroxylation is 2. The van der Waals surface area contributed by atoms with Gasteiger partial charge in [0.05, 0.1) is 0 Å². The van der Waals surface area contributed by atoms with Crippen LogP contribution in [-0.4, -0.2) is 18.3 Å².